The van der Waals surface area contributed by atoms with Crippen molar-refractivity contribution in [3.63, 3.8) is 0 Å². The van der Waals surface area contributed by atoms with E-state index in [1.54, 1.807) is 0 Å². The summed E-state index contributed by atoms with van der Waals surface area (Å²) >= 11 is 1.83. The molecule has 4 heterocycles. The number of hydrogen-bond donors (Lipinski definition) is 0. The Labute approximate surface area is 330 Å². The Balaban J connectivity index is 1.14. The Kier molecular flexibility index (Phi) is 6.29. The highest BCUT2D eigenvalue weighted by Crippen LogP contribution is 2.43. The van der Waals surface area contributed by atoms with E-state index in [2.05, 4.69) is 191 Å². The molecule has 0 unspecified atom stereocenters. The molecular weight excluding hydrogens is 713 g/mol. The van der Waals surface area contributed by atoms with Crippen LogP contribution in [-0.2, 0) is 0 Å². The van der Waals surface area contributed by atoms with Crippen LogP contribution in [0.3, 0.4) is 0 Å². The van der Waals surface area contributed by atoms with Crippen molar-refractivity contribution in [1.82, 2.24) is 19.1 Å². The van der Waals surface area contributed by atoms with Gasteiger partial charge < -0.3 is 4.57 Å². The molecule has 5 heteroatoms. The summed E-state index contributed by atoms with van der Waals surface area (Å²) < 4.78 is 7.30. The second-order valence-electron chi connectivity index (χ2n) is 15.0. The van der Waals surface area contributed by atoms with Gasteiger partial charge in [-0.3, -0.25) is 4.57 Å². The molecule has 4 nitrogen and oxygen atoms in total. The van der Waals surface area contributed by atoms with Crippen LogP contribution in [0.15, 0.2) is 182 Å². The van der Waals surface area contributed by atoms with Crippen LogP contribution in [0, 0.1) is 0 Å². The minimum Gasteiger partial charge on any atom is -0.309 e. The lowest BCUT2D eigenvalue weighted by Gasteiger charge is -2.13. The molecule has 13 rings (SSSR count). The van der Waals surface area contributed by atoms with E-state index in [1.165, 1.54) is 68.9 Å². The average Bonchev–Trinajstić information content (AvgIpc) is 3.92. The summed E-state index contributed by atoms with van der Waals surface area (Å²) in [4.78, 5) is 10.9. The highest BCUT2D eigenvalue weighted by Gasteiger charge is 2.23. The van der Waals surface area contributed by atoms with Crippen molar-refractivity contribution in [2.24, 2.45) is 0 Å². The molecule has 4 aromatic heterocycles. The third-order valence-corrected chi connectivity index (χ3v) is 13.0. The molecular formula is C52H30N4S. The highest BCUT2D eigenvalue weighted by atomic mass is 32.1. The van der Waals surface area contributed by atoms with Crippen molar-refractivity contribution < 1.29 is 0 Å². The van der Waals surface area contributed by atoms with E-state index in [0.29, 0.717) is 5.95 Å². The van der Waals surface area contributed by atoms with Gasteiger partial charge in [-0.2, -0.15) is 0 Å². The molecule has 0 saturated heterocycles. The zero-order chi connectivity index (χ0) is 37.2. The second kappa shape index (κ2) is 11.6. The number of aromatic nitrogens is 4. The van der Waals surface area contributed by atoms with E-state index >= 15 is 0 Å². The third kappa shape index (κ3) is 4.37. The zero-order valence-electron chi connectivity index (χ0n) is 30.5. The number of thiophene rings is 1. The molecule has 0 saturated carbocycles. The van der Waals surface area contributed by atoms with E-state index in [-0.39, 0.29) is 0 Å². The Morgan fingerprint density at radius 3 is 1.95 bits per heavy atom. The molecule has 0 aliphatic rings. The van der Waals surface area contributed by atoms with Gasteiger partial charge in [0.05, 0.1) is 39.0 Å². The van der Waals surface area contributed by atoms with Gasteiger partial charge in [0.15, 0.2) is 0 Å². The number of hydrogen-bond acceptors (Lipinski definition) is 3. The van der Waals surface area contributed by atoms with Gasteiger partial charge in [-0.1, -0.05) is 127 Å². The van der Waals surface area contributed by atoms with E-state index in [1.807, 2.05) is 11.3 Å². The SMILES string of the molecule is c1ccc2cc3c(cc2c1)c1c(-n2c4ccccc4c4c5ccccc5ccc42)cccc1n3-c1nc(-c2ccc3c(c2)sc2ccccc23)c2ccccc2n1. The maximum atomic E-state index is 5.53. The van der Waals surface area contributed by atoms with Crippen molar-refractivity contribution in [3.05, 3.63) is 182 Å². The molecule has 0 N–H and O–H groups in total. The molecule has 0 aliphatic heterocycles. The number of para-hydroxylation sites is 2. The van der Waals surface area contributed by atoms with Crippen molar-refractivity contribution in [1.29, 1.82) is 0 Å². The normalized spacial score (nSPS) is 12.2. The minimum absolute atomic E-state index is 0.654. The van der Waals surface area contributed by atoms with Crippen LogP contribution in [0.25, 0.3) is 119 Å². The molecule has 0 spiro atoms. The maximum Gasteiger partial charge on any atom is 0.235 e. The maximum absolute atomic E-state index is 5.53. The quantitative estimate of drug-likeness (QED) is 0.181. The van der Waals surface area contributed by atoms with Gasteiger partial charge in [0, 0.05) is 52.7 Å². The molecule has 13 aromatic rings. The monoisotopic (exact) mass is 742 g/mol. The summed E-state index contributed by atoms with van der Waals surface area (Å²) in [5.41, 5.74) is 8.55. The van der Waals surface area contributed by atoms with Crippen molar-refractivity contribution >= 4 is 108 Å². The molecule has 0 bridgehead atoms. The lowest BCUT2D eigenvalue weighted by atomic mass is 10.0. The van der Waals surface area contributed by atoms with Crippen molar-refractivity contribution in [2.45, 2.75) is 0 Å². The topological polar surface area (TPSA) is 35.6 Å². The smallest absolute Gasteiger partial charge is 0.235 e. The molecule has 0 aliphatic carbocycles. The Morgan fingerprint density at radius 2 is 1.05 bits per heavy atom. The first-order chi connectivity index (χ1) is 28.3. The largest absolute Gasteiger partial charge is 0.309 e. The molecule has 0 fully saturated rings. The van der Waals surface area contributed by atoms with Crippen molar-refractivity contribution in [2.75, 3.05) is 0 Å². The van der Waals surface area contributed by atoms with E-state index in [4.69, 9.17) is 9.97 Å². The molecule has 0 amide bonds. The van der Waals surface area contributed by atoms with Crippen LogP contribution in [0.4, 0.5) is 0 Å². The van der Waals surface area contributed by atoms with Gasteiger partial charge in [0.2, 0.25) is 5.95 Å². The Hall–Kier alpha value is -7.34. The first kappa shape index (κ1) is 30.9. The summed E-state index contributed by atoms with van der Waals surface area (Å²) in [7, 11) is 0. The lowest BCUT2D eigenvalue weighted by molar-refractivity contribution is 1.01. The second-order valence-corrected chi connectivity index (χ2v) is 16.0. The summed E-state index contributed by atoms with van der Waals surface area (Å²) in [6.45, 7) is 0. The summed E-state index contributed by atoms with van der Waals surface area (Å²) in [6, 6.07) is 66.0. The fourth-order valence-electron chi connectivity index (χ4n) is 9.39. The Bertz CT molecular complexity index is 3830. The van der Waals surface area contributed by atoms with Crippen LogP contribution in [0.5, 0.6) is 0 Å². The molecule has 0 atom stereocenters. The molecule has 264 valence electrons. The molecule has 0 radical (unpaired) electrons. The summed E-state index contributed by atoms with van der Waals surface area (Å²) in [5, 5.41) is 13.3. The summed E-state index contributed by atoms with van der Waals surface area (Å²) in [5.74, 6) is 0.654. The standard InChI is InChI=1S/C52H30N4S/c1-2-14-33-29-46-40(28-32(33)13-1)50-43(55-42-20-9-6-18-39(42)49-35-15-4-3-12-31(35)25-27-45(49)55)21-11-22-44(50)56(46)52-53-41-19-8-5-17-38(41)51(54-52)34-24-26-37-36-16-7-10-23-47(36)57-48(37)30-34/h1-30H. The number of benzene rings is 9. The van der Waals surface area contributed by atoms with Crippen LogP contribution in [0.1, 0.15) is 0 Å². The van der Waals surface area contributed by atoms with E-state index in [9.17, 15) is 0 Å². The van der Waals surface area contributed by atoms with E-state index < -0.39 is 0 Å². The third-order valence-electron chi connectivity index (χ3n) is 11.9. The predicted molar refractivity (Wildman–Crippen MR) is 242 cm³/mol. The minimum atomic E-state index is 0.654. The lowest BCUT2D eigenvalue weighted by Crippen LogP contribution is -2.03. The van der Waals surface area contributed by atoms with Crippen LogP contribution in [0.2, 0.25) is 0 Å². The van der Waals surface area contributed by atoms with Crippen LogP contribution < -0.4 is 0 Å². The first-order valence-corrected chi connectivity index (χ1v) is 20.1. The number of fused-ring (bicyclic) bond motifs is 13. The van der Waals surface area contributed by atoms with Crippen LogP contribution >= 0.6 is 11.3 Å². The number of nitrogens with zero attached hydrogens (tertiary/aromatic N) is 4. The van der Waals surface area contributed by atoms with Gasteiger partial charge in [0.25, 0.3) is 0 Å². The van der Waals surface area contributed by atoms with Crippen molar-refractivity contribution in [3.8, 4) is 22.9 Å². The summed E-state index contributed by atoms with van der Waals surface area (Å²) in [6.07, 6.45) is 0. The van der Waals surface area contributed by atoms with Gasteiger partial charge in [-0.15, -0.1) is 11.3 Å². The fourth-order valence-corrected chi connectivity index (χ4v) is 10.5. The number of rotatable bonds is 3. The molecule has 57 heavy (non-hydrogen) atoms. The van der Waals surface area contributed by atoms with E-state index in [0.717, 1.165) is 44.3 Å². The van der Waals surface area contributed by atoms with Gasteiger partial charge >= 0.3 is 0 Å². The zero-order valence-corrected chi connectivity index (χ0v) is 31.3. The predicted octanol–water partition coefficient (Wildman–Crippen LogP) is 14.2. The van der Waals surface area contributed by atoms with Gasteiger partial charge in [0.1, 0.15) is 0 Å². The highest BCUT2D eigenvalue weighted by molar-refractivity contribution is 7.25. The van der Waals surface area contributed by atoms with Crippen LogP contribution in [-0.4, -0.2) is 19.1 Å². The van der Waals surface area contributed by atoms with Gasteiger partial charge in [-0.05, 0) is 76.1 Å². The fraction of sp³-hybridized carbons (Fsp3) is 0. The Morgan fingerprint density at radius 1 is 0.368 bits per heavy atom. The average molecular weight is 743 g/mol. The van der Waals surface area contributed by atoms with Gasteiger partial charge in [-0.25, -0.2) is 9.97 Å². The first-order valence-electron chi connectivity index (χ1n) is 19.3. The molecule has 9 aromatic carbocycles.